The highest BCUT2D eigenvalue weighted by Gasteiger charge is 2.03. The Morgan fingerprint density at radius 1 is 1.30 bits per heavy atom. The fraction of sp³-hybridized carbons (Fsp3) is 0.750. The Kier molecular flexibility index (Phi) is 5.48. The van der Waals surface area contributed by atoms with Gasteiger partial charge >= 0.3 is 0 Å². The average molecular weight is 136 g/mol. The third-order valence-corrected chi connectivity index (χ3v) is 1.62. The molecule has 0 bridgehead atoms. The highest BCUT2D eigenvalue weighted by molar-refractivity contribution is 4.78. The molecule has 0 amide bonds. The average Bonchev–Trinajstić information content (AvgIpc) is 1.98. The predicted molar refractivity (Wildman–Crippen MR) is 38.9 cm³/mol. The molecular formula is C8H12N2. The molecule has 0 aromatic rings. The summed E-state index contributed by atoms with van der Waals surface area (Å²) in [7, 11) is 0. The summed E-state index contributed by atoms with van der Waals surface area (Å²) in [6, 6.07) is 4.20. The van der Waals surface area contributed by atoms with Crippen molar-refractivity contribution in [1.82, 2.24) is 0 Å². The van der Waals surface area contributed by atoms with E-state index in [2.05, 4.69) is 19.1 Å². The van der Waals surface area contributed by atoms with Gasteiger partial charge in [0.2, 0.25) is 0 Å². The summed E-state index contributed by atoms with van der Waals surface area (Å²) in [5.41, 5.74) is 0. The van der Waals surface area contributed by atoms with Gasteiger partial charge in [0, 0.05) is 12.8 Å². The van der Waals surface area contributed by atoms with Crippen molar-refractivity contribution in [2.75, 3.05) is 0 Å². The Bertz CT molecular complexity index is 150. The number of rotatable bonds is 4. The van der Waals surface area contributed by atoms with Crippen molar-refractivity contribution in [3.8, 4) is 12.1 Å². The van der Waals surface area contributed by atoms with Crippen LogP contribution in [0.1, 0.15) is 32.6 Å². The van der Waals surface area contributed by atoms with Crippen LogP contribution < -0.4 is 0 Å². The zero-order valence-electron chi connectivity index (χ0n) is 6.30. The van der Waals surface area contributed by atoms with Gasteiger partial charge in [-0.2, -0.15) is 10.5 Å². The van der Waals surface area contributed by atoms with E-state index in [1.165, 1.54) is 0 Å². The van der Waals surface area contributed by atoms with Crippen LogP contribution in [0, 0.1) is 28.6 Å². The van der Waals surface area contributed by atoms with Crippen LogP contribution >= 0.6 is 0 Å². The Labute approximate surface area is 62.1 Å². The third-order valence-electron chi connectivity index (χ3n) is 1.62. The summed E-state index contributed by atoms with van der Waals surface area (Å²) >= 11 is 0. The summed E-state index contributed by atoms with van der Waals surface area (Å²) in [5, 5.41) is 16.6. The molecule has 0 aromatic heterocycles. The fourth-order valence-electron chi connectivity index (χ4n) is 0.848. The molecule has 0 fully saturated rings. The van der Waals surface area contributed by atoms with E-state index in [1.807, 2.05) is 0 Å². The molecule has 0 aliphatic rings. The van der Waals surface area contributed by atoms with Gasteiger partial charge in [0.1, 0.15) is 0 Å². The monoisotopic (exact) mass is 136 g/mol. The van der Waals surface area contributed by atoms with Crippen molar-refractivity contribution in [3.05, 3.63) is 0 Å². The molecule has 0 unspecified atom stereocenters. The van der Waals surface area contributed by atoms with E-state index in [9.17, 15) is 0 Å². The minimum atomic E-state index is 0.435. The molecular weight excluding hydrogens is 124 g/mol. The van der Waals surface area contributed by atoms with Gasteiger partial charge in [-0.05, 0) is 12.3 Å². The van der Waals surface area contributed by atoms with E-state index < -0.39 is 0 Å². The van der Waals surface area contributed by atoms with E-state index in [4.69, 9.17) is 10.5 Å². The molecule has 0 aliphatic heterocycles. The zero-order chi connectivity index (χ0) is 7.82. The van der Waals surface area contributed by atoms with E-state index in [-0.39, 0.29) is 0 Å². The molecule has 0 spiro atoms. The second-order valence-corrected chi connectivity index (χ2v) is 2.33. The molecule has 0 aliphatic carbocycles. The maximum atomic E-state index is 8.33. The van der Waals surface area contributed by atoms with Gasteiger partial charge in [-0.1, -0.05) is 13.3 Å². The van der Waals surface area contributed by atoms with Crippen LogP contribution in [0.15, 0.2) is 0 Å². The van der Waals surface area contributed by atoms with Gasteiger partial charge in [-0.15, -0.1) is 0 Å². The second-order valence-electron chi connectivity index (χ2n) is 2.33. The Balaban J connectivity index is 3.44. The van der Waals surface area contributed by atoms with Crippen molar-refractivity contribution in [2.45, 2.75) is 32.6 Å². The molecule has 0 aromatic carbocycles. The Morgan fingerprint density at radius 3 is 2.40 bits per heavy atom. The molecule has 0 N–H and O–H groups in total. The smallest absolute Gasteiger partial charge is 0.0624 e. The number of nitriles is 2. The summed E-state index contributed by atoms with van der Waals surface area (Å²) < 4.78 is 0. The highest BCUT2D eigenvalue weighted by Crippen LogP contribution is 2.13. The summed E-state index contributed by atoms with van der Waals surface area (Å²) in [5.74, 6) is 0.435. The summed E-state index contributed by atoms with van der Waals surface area (Å²) in [6.07, 6.45) is 3.06. The molecule has 0 saturated carbocycles. The second kappa shape index (κ2) is 6.11. The van der Waals surface area contributed by atoms with Gasteiger partial charge in [0.25, 0.3) is 0 Å². The lowest BCUT2D eigenvalue weighted by molar-refractivity contribution is 0.487. The summed E-state index contributed by atoms with van der Waals surface area (Å²) in [6.45, 7) is 2.05. The van der Waals surface area contributed by atoms with E-state index in [0.29, 0.717) is 18.8 Å². The van der Waals surface area contributed by atoms with Gasteiger partial charge in [0.05, 0.1) is 12.1 Å². The van der Waals surface area contributed by atoms with Crippen LogP contribution in [0.25, 0.3) is 0 Å². The standard InChI is InChI=1S/C8H12N2/c1-2-8(5-7-10)4-3-6-9/h8H,2-5H2,1H3/t8-/m1/s1. The maximum absolute atomic E-state index is 8.33. The van der Waals surface area contributed by atoms with Crippen LogP contribution in [-0.4, -0.2) is 0 Å². The molecule has 0 saturated heterocycles. The third kappa shape index (κ3) is 3.92. The number of hydrogen-bond donors (Lipinski definition) is 0. The molecule has 1 atom stereocenters. The van der Waals surface area contributed by atoms with Crippen molar-refractivity contribution >= 4 is 0 Å². The minimum absolute atomic E-state index is 0.435. The lowest BCUT2D eigenvalue weighted by Gasteiger charge is -2.05. The van der Waals surface area contributed by atoms with Crippen molar-refractivity contribution < 1.29 is 0 Å². The SMILES string of the molecule is CC[C@@H](CC#N)CCC#N. The normalized spacial score (nSPS) is 11.5. The van der Waals surface area contributed by atoms with Gasteiger partial charge in [0.15, 0.2) is 0 Å². The lowest BCUT2D eigenvalue weighted by atomic mass is 9.98. The first-order chi connectivity index (χ1) is 4.85. The summed E-state index contributed by atoms with van der Waals surface area (Å²) in [4.78, 5) is 0. The first-order valence-electron chi connectivity index (χ1n) is 3.59. The Hall–Kier alpha value is -1.02. The molecule has 0 heterocycles. The highest BCUT2D eigenvalue weighted by atomic mass is 14.3. The van der Waals surface area contributed by atoms with Crippen LogP contribution in [0.3, 0.4) is 0 Å². The van der Waals surface area contributed by atoms with Crippen LogP contribution in [0.4, 0.5) is 0 Å². The number of nitrogens with zero attached hydrogens (tertiary/aromatic N) is 2. The van der Waals surface area contributed by atoms with Crippen molar-refractivity contribution in [1.29, 1.82) is 10.5 Å². The topological polar surface area (TPSA) is 47.6 Å². The molecule has 0 radical (unpaired) electrons. The molecule has 2 heteroatoms. The van der Waals surface area contributed by atoms with E-state index in [1.54, 1.807) is 0 Å². The largest absolute Gasteiger partial charge is 0.198 e. The fourth-order valence-corrected chi connectivity index (χ4v) is 0.848. The number of hydrogen-bond acceptors (Lipinski definition) is 2. The van der Waals surface area contributed by atoms with Gasteiger partial charge in [-0.25, -0.2) is 0 Å². The quantitative estimate of drug-likeness (QED) is 0.595. The first kappa shape index (κ1) is 8.98. The maximum Gasteiger partial charge on any atom is 0.0624 e. The predicted octanol–water partition coefficient (Wildman–Crippen LogP) is 2.23. The van der Waals surface area contributed by atoms with Gasteiger partial charge < -0.3 is 0 Å². The van der Waals surface area contributed by atoms with Crippen LogP contribution in [0.2, 0.25) is 0 Å². The molecule has 2 nitrogen and oxygen atoms in total. The molecule has 0 rings (SSSR count). The van der Waals surface area contributed by atoms with E-state index in [0.717, 1.165) is 12.8 Å². The molecule has 54 valence electrons. The van der Waals surface area contributed by atoms with Crippen molar-refractivity contribution in [2.24, 2.45) is 5.92 Å². The first-order valence-corrected chi connectivity index (χ1v) is 3.59. The molecule has 10 heavy (non-hydrogen) atoms. The van der Waals surface area contributed by atoms with Crippen LogP contribution in [0.5, 0.6) is 0 Å². The van der Waals surface area contributed by atoms with Crippen LogP contribution in [-0.2, 0) is 0 Å². The minimum Gasteiger partial charge on any atom is -0.198 e. The van der Waals surface area contributed by atoms with Gasteiger partial charge in [-0.3, -0.25) is 0 Å². The zero-order valence-corrected chi connectivity index (χ0v) is 6.30. The van der Waals surface area contributed by atoms with Crippen molar-refractivity contribution in [3.63, 3.8) is 0 Å². The Morgan fingerprint density at radius 2 is 2.00 bits per heavy atom. The van der Waals surface area contributed by atoms with E-state index >= 15 is 0 Å². The lowest BCUT2D eigenvalue weighted by Crippen LogP contribution is -1.95.